The van der Waals surface area contributed by atoms with Gasteiger partial charge in [0.05, 0.1) is 21.1 Å². The fourth-order valence-corrected chi connectivity index (χ4v) is 1.57. The summed E-state index contributed by atoms with van der Waals surface area (Å²) in [7, 11) is 4.59. The molecule has 0 spiro atoms. The number of aliphatic hydroxyl groups excluding tert-OH is 1. The number of hydrogen-bond acceptors (Lipinski definition) is 5. The van der Waals surface area contributed by atoms with Crippen LogP contribution in [0.2, 0.25) is 0 Å². The van der Waals surface area contributed by atoms with E-state index in [2.05, 4.69) is 0 Å². The van der Waals surface area contributed by atoms with Gasteiger partial charge >= 0.3 is 0 Å². The molecule has 0 heterocycles. The Hall–Kier alpha value is -0.980. The zero-order valence-corrected chi connectivity index (χ0v) is 10.5. The largest absolute Gasteiger partial charge is 0.550 e. The fraction of sp³-hybridized carbons (Fsp3) is 0.818. The third-order valence-corrected chi connectivity index (χ3v) is 2.46. The molecule has 17 heavy (non-hydrogen) atoms. The first-order chi connectivity index (χ1) is 8.05. The lowest BCUT2D eigenvalue weighted by molar-refractivity contribution is -0.925. The highest BCUT2D eigenvalue weighted by atomic mass is 16.4. The summed E-state index contributed by atoms with van der Waals surface area (Å²) in [6.45, 7) is -0.00634. The molecular weight excluding hydrogens is 226 g/mol. The number of carbonyl (C=O) groups excluding carboxylic acids is 2. The van der Waals surface area contributed by atoms with Crippen molar-refractivity contribution < 1.29 is 30.8 Å². The standard InChI is InChI=1S/C11H21NO5/c1-5-6-8(13)11(17,7-9(14)15)10(16)12(2,3)4/h10,16-17H,5-7H2,1-4H3/t10?,11-/m0/s1/i1D. The molecule has 0 aliphatic carbocycles. The first kappa shape index (κ1) is 14.1. The molecule has 0 aliphatic rings. The zero-order chi connectivity index (χ0) is 14.6. The van der Waals surface area contributed by atoms with Gasteiger partial charge in [0, 0.05) is 20.2 Å². The van der Waals surface area contributed by atoms with Crippen LogP contribution in [0, 0.1) is 0 Å². The molecule has 6 heteroatoms. The average Bonchev–Trinajstić information content (AvgIpc) is 2.22. The van der Waals surface area contributed by atoms with Gasteiger partial charge < -0.3 is 24.6 Å². The SMILES string of the molecule is [2H]CCCC(=O)[C@@](O)(CC(=O)[O-])C(O)[N+](C)(C)C. The number of quaternary nitrogens is 1. The smallest absolute Gasteiger partial charge is 0.227 e. The van der Waals surface area contributed by atoms with Crippen molar-refractivity contribution in [2.24, 2.45) is 0 Å². The topological polar surface area (TPSA) is 97.7 Å². The van der Waals surface area contributed by atoms with E-state index in [-0.39, 0.29) is 24.2 Å². The summed E-state index contributed by atoms with van der Waals surface area (Å²) in [5.41, 5.74) is -2.38. The van der Waals surface area contributed by atoms with E-state index >= 15 is 0 Å². The molecule has 0 radical (unpaired) electrons. The monoisotopic (exact) mass is 248 g/mol. The number of rotatable bonds is 7. The summed E-state index contributed by atoms with van der Waals surface area (Å²) in [5.74, 6) is -2.39. The highest BCUT2D eigenvalue weighted by Crippen LogP contribution is 2.23. The Balaban J connectivity index is 5.17. The lowest BCUT2D eigenvalue weighted by Crippen LogP contribution is -2.63. The minimum Gasteiger partial charge on any atom is -0.550 e. The summed E-state index contributed by atoms with van der Waals surface area (Å²) >= 11 is 0. The predicted octanol–water partition coefficient (Wildman–Crippen LogP) is -1.75. The van der Waals surface area contributed by atoms with Crippen molar-refractivity contribution in [3.05, 3.63) is 0 Å². The molecule has 6 nitrogen and oxygen atoms in total. The van der Waals surface area contributed by atoms with Gasteiger partial charge in [-0.05, 0) is 6.42 Å². The molecule has 0 amide bonds. The van der Waals surface area contributed by atoms with Crippen molar-refractivity contribution in [2.45, 2.75) is 38.0 Å². The Labute approximate surface area is 102 Å². The minimum absolute atomic E-state index is 0.00634. The van der Waals surface area contributed by atoms with Crippen LogP contribution in [0.3, 0.4) is 0 Å². The summed E-state index contributed by atoms with van der Waals surface area (Å²) < 4.78 is 6.76. The number of aliphatic carboxylic acids is 1. The molecule has 100 valence electrons. The molecule has 0 rings (SSSR count). The summed E-state index contributed by atoms with van der Waals surface area (Å²) in [6, 6.07) is 0. The van der Waals surface area contributed by atoms with Gasteiger partial charge in [-0.2, -0.15) is 0 Å². The lowest BCUT2D eigenvalue weighted by Gasteiger charge is -2.40. The molecule has 0 aliphatic heterocycles. The lowest BCUT2D eigenvalue weighted by atomic mass is 9.88. The zero-order valence-electron chi connectivity index (χ0n) is 11.5. The van der Waals surface area contributed by atoms with E-state index in [0.717, 1.165) is 0 Å². The quantitative estimate of drug-likeness (QED) is 0.411. The normalized spacial score (nSPS) is 18.1. The van der Waals surface area contributed by atoms with E-state index in [9.17, 15) is 24.9 Å². The second-order valence-electron chi connectivity index (χ2n) is 4.99. The number of nitrogens with zero attached hydrogens (tertiary/aromatic N) is 1. The van der Waals surface area contributed by atoms with Gasteiger partial charge in [0.15, 0.2) is 5.78 Å². The van der Waals surface area contributed by atoms with Crippen LogP contribution < -0.4 is 5.11 Å². The van der Waals surface area contributed by atoms with Crippen molar-refractivity contribution >= 4 is 11.8 Å². The number of likely N-dealkylation sites (N-methyl/N-ethyl adjacent to an activating group) is 1. The number of Topliss-reactive ketones (excluding diaryl/α,β-unsaturated/α-hetero) is 1. The van der Waals surface area contributed by atoms with Crippen LogP contribution in [0.1, 0.15) is 27.5 Å². The number of carbonyl (C=O) groups is 2. The molecule has 0 aromatic carbocycles. The van der Waals surface area contributed by atoms with Crippen molar-refractivity contribution in [3.8, 4) is 0 Å². The molecule has 0 aromatic rings. The van der Waals surface area contributed by atoms with Gasteiger partial charge in [0.25, 0.3) is 0 Å². The Bertz CT molecular complexity index is 315. The van der Waals surface area contributed by atoms with Crippen molar-refractivity contribution in [1.82, 2.24) is 0 Å². The number of aliphatic hydroxyl groups is 2. The second kappa shape index (κ2) is 5.57. The van der Waals surface area contributed by atoms with Gasteiger partial charge in [0.2, 0.25) is 11.8 Å². The number of hydrogen-bond donors (Lipinski definition) is 2. The van der Waals surface area contributed by atoms with Gasteiger partial charge in [-0.15, -0.1) is 0 Å². The van der Waals surface area contributed by atoms with E-state index in [1.165, 1.54) is 21.1 Å². The Kier molecular flexibility index (Phi) is 4.62. The fourth-order valence-electron chi connectivity index (χ4n) is 1.57. The third-order valence-electron chi connectivity index (χ3n) is 2.46. The summed E-state index contributed by atoms with van der Waals surface area (Å²) in [6.07, 6.45) is -2.48. The van der Waals surface area contributed by atoms with Crippen LogP contribution in [-0.2, 0) is 9.59 Å². The Morgan fingerprint density at radius 1 is 1.47 bits per heavy atom. The maximum atomic E-state index is 11.9. The molecule has 1 unspecified atom stereocenters. The maximum absolute atomic E-state index is 11.9. The summed E-state index contributed by atoms with van der Waals surface area (Å²) in [4.78, 5) is 22.5. The first-order valence-corrected chi connectivity index (χ1v) is 5.29. The van der Waals surface area contributed by atoms with Crippen LogP contribution in [0.15, 0.2) is 0 Å². The molecule has 2 atom stereocenters. The van der Waals surface area contributed by atoms with E-state index in [1.54, 1.807) is 0 Å². The van der Waals surface area contributed by atoms with Gasteiger partial charge in [-0.25, -0.2) is 0 Å². The van der Waals surface area contributed by atoms with E-state index in [4.69, 9.17) is 1.37 Å². The molecule has 0 aromatic heterocycles. The highest BCUT2D eigenvalue weighted by molar-refractivity contribution is 5.90. The van der Waals surface area contributed by atoms with E-state index in [0.29, 0.717) is 0 Å². The Morgan fingerprint density at radius 3 is 2.35 bits per heavy atom. The molecule has 0 saturated carbocycles. The average molecular weight is 248 g/mol. The van der Waals surface area contributed by atoms with Crippen LogP contribution >= 0.6 is 0 Å². The highest BCUT2D eigenvalue weighted by Gasteiger charge is 2.49. The van der Waals surface area contributed by atoms with Gasteiger partial charge in [-0.1, -0.05) is 6.90 Å². The van der Waals surface area contributed by atoms with Crippen molar-refractivity contribution in [3.63, 3.8) is 0 Å². The summed E-state index contributed by atoms with van der Waals surface area (Å²) in [5, 5.41) is 30.8. The third kappa shape index (κ3) is 4.07. The Morgan fingerprint density at radius 2 is 2.00 bits per heavy atom. The molecule has 0 bridgehead atoms. The number of carboxylic acids is 1. The van der Waals surface area contributed by atoms with Crippen LogP contribution in [0.25, 0.3) is 0 Å². The predicted molar refractivity (Wildman–Crippen MR) is 58.5 cm³/mol. The van der Waals surface area contributed by atoms with E-state index < -0.39 is 30.0 Å². The molecule has 0 fully saturated rings. The first-order valence-electron chi connectivity index (χ1n) is 6.00. The molecule has 2 N–H and O–H groups in total. The number of carboxylic acid groups (broad SMARTS) is 1. The van der Waals surface area contributed by atoms with Crippen LogP contribution in [-0.4, -0.2) is 59.4 Å². The molecule has 0 saturated heterocycles. The van der Waals surface area contributed by atoms with Gasteiger partial charge in [0.1, 0.15) is 0 Å². The van der Waals surface area contributed by atoms with Crippen LogP contribution in [0.5, 0.6) is 0 Å². The van der Waals surface area contributed by atoms with Crippen molar-refractivity contribution in [1.29, 1.82) is 0 Å². The minimum atomic E-state index is -2.38. The number of ketones is 1. The second-order valence-corrected chi connectivity index (χ2v) is 4.99. The van der Waals surface area contributed by atoms with Crippen LogP contribution in [0.4, 0.5) is 0 Å². The maximum Gasteiger partial charge on any atom is 0.227 e. The van der Waals surface area contributed by atoms with Gasteiger partial charge in [-0.3, -0.25) is 4.79 Å². The molecular formula is C11H21NO5. The van der Waals surface area contributed by atoms with E-state index in [1.807, 2.05) is 0 Å². The van der Waals surface area contributed by atoms with Crippen molar-refractivity contribution in [2.75, 3.05) is 21.1 Å².